The summed E-state index contributed by atoms with van der Waals surface area (Å²) < 4.78 is 18.5. The molecule has 0 radical (unpaired) electrons. The lowest BCUT2D eigenvalue weighted by atomic mass is 10.2. The molecule has 2 aromatic rings. The first-order valence-corrected chi connectivity index (χ1v) is 10.4. The van der Waals surface area contributed by atoms with Gasteiger partial charge in [0.1, 0.15) is 22.4 Å². The number of hydrogen-bond donors (Lipinski definition) is 2. The van der Waals surface area contributed by atoms with Crippen molar-refractivity contribution < 1.29 is 23.5 Å². The zero-order valence-electron chi connectivity index (χ0n) is 16.4. The fraction of sp³-hybridized carbons (Fsp3) is 0.143. The van der Waals surface area contributed by atoms with Crippen LogP contribution in [-0.2, 0) is 9.59 Å². The zero-order chi connectivity index (χ0) is 22.4. The summed E-state index contributed by atoms with van der Waals surface area (Å²) in [6.07, 6.45) is 1.68. The Morgan fingerprint density at radius 2 is 1.81 bits per heavy atom. The van der Waals surface area contributed by atoms with Gasteiger partial charge in [-0.2, -0.15) is 0 Å². The largest absolute Gasteiger partial charge is 0.494 e. The van der Waals surface area contributed by atoms with E-state index in [1.54, 1.807) is 18.2 Å². The molecule has 0 atom stereocenters. The summed E-state index contributed by atoms with van der Waals surface area (Å²) in [6.45, 7) is 2.10. The molecule has 1 fully saturated rings. The zero-order valence-corrected chi connectivity index (χ0v) is 18.0. The Kier molecular flexibility index (Phi) is 7.37. The maximum Gasteiger partial charge on any atom is 0.269 e. The number of thiocarbonyl (C=S) groups is 1. The van der Waals surface area contributed by atoms with Gasteiger partial charge in [0, 0.05) is 5.56 Å². The number of thioether (sulfide) groups is 1. The highest BCUT2D eigenvalue weighted by molar-refractivity contribution is 8.26. The fourth-order valence-electron chi connectivity index (χ4n) is 2.60. The maximum absolute atomic E-state index is 12.9. The minimum absolute atomic E-state index is 0.172. The predicted molar refractivity (Wildman–Crippen MR) is 119 cm³/mol. The Morgan fingerprint density at radius 1 is 1.13 bits per heavy atom. The van der Waals surface area contributed by atoms with Crippen molar-refractivity contribution in [1.82, 2.24) is 15.8 Å². The second kappa shape index (κ2) is 10.2. The van der Waals surface area contributed by atoms with Gasteiger partial charge in [0.15, 0.2) is 0 Å². The first-order chi connectivity index (χ1) is 14.9. The van der Waals surface area contributed by atoms with Gasteiger partial charge in [-0.05, 0) is 55.0 Å². The standard InChI is InChI=1S/C21H18FN3O4S2/c1-2-29-16-9-3-13(4-10-16)11-17-20(28)25(21(30)31-17)12-18(26)23-24-19(27)14-5-7-15(22)8-6-14/h3-11H,2,12H2,1H3,(H,23,26)(H,24,27)/b17-11+. The summed E-state index contributed by atoms with van der Waals surface area (Å²) >= 11 is 6.30. The highest BCUT2D eigenvalue weighted by Crippen LogP contribution is 2.32. The van der Waals surface area contributed by atoms with E-state index in [0.717, 1.165) is 40.1 Å². The van der Waals surface area contributed by atoms with Gasteiger partial charge in [-0.25, -0.2) is 4.39 Å². The van der Waals surface area contributed by atoms with Crippen LogP contribution in [0.2, 0.25) is 0 Å². The average molecular weight is 460 g/mol. The fourth-order valence-corrected chi connectivity index (χ4v) is 3.85. The van der Waals surface area contributed by atoms with E-state index in [9.17, 15) is 18.8 Å². The number of halogens is 1. The number of rotatable bonds is 6. The first-order valence-electron chi connectivity index (χ1n) is 9.20. The molecule has 0 bridgehead atoms. The number of nitrogens with zero attached hydrogens (tertiary/aromatic N) is 1. The molecule has 7 nitrogen and oxygen atoms in total. The van der Waals surface area contributed by atoms with Gasteiger partial charge in [0.05, 0.1) is 11.5 Å². The van der Waals surface area contributed by atoms with Crippen LogP contribution in [0.25, 0.3) is 6.08 Å². The third-order valence-corrected chi connectivity index (χ3v) is 5.46. The number of hydrazine groups is 1. The Morgan fingerprint density at radius 3 is 2.45 bits per heavy atom. The quantitative estimate of drug-likeness (QED) is 0.392. The van der Waals surface area contributed by atoms with Crippen LogP contribution in [-0.4, -0.2) is 40.1 Å². The number of carbonyl (C=O) groups excluding carboxylic acids is 3. The number of ether oxygens (including phenoxy) is 1. The SMILES string of the molecule is CCOc1ccc(/C=C2/SC(=S)N(CC(=O)NNC(=O)c3ccc(F)cc3)C2=O)cc1. The van der Waals surface area contributed by atoms with Gasteiger partial charge in [-0.3, -0.25) is 30.1 Å². The van der Waals surface area contributed by atoms with Crippen molar-refractivity contribution in [2.24, 2.45) is 0 Å². The molecule has 0 aromatic heterocycles. The molecule has 0 unspecified atom stereocenters. The van der Waals surface area contributed by atoms with Crippen LogP contribution in [0.4, 0.5) is 4.39 Å². The molecule has 2 N–H and O–H groups in total. The highest BCUT2D eigenvalue weighted by Gasteiger charge is 2.33. The maximum atomic E-state index is 12.9. The number of benzene rings is 2. The van der Waals surface area contributed by atoms with Crippen molar-refractivity contribution >= 4 is 52.1 Å². The van der Waals surface area contributed by atoms with E-state index in [0.29, 0.717) is 11.5 Å². The Labute approximate surface area is 187 Å². The molecule has 0 aliphatic carbocycles. The van der Waals surface area contributed by atoms with Crippen LogP contribution in [0.3, 0.4) is 0 Å². The molecule has 10 heteroatoms. The molecule has 0 spiro atoms. The number of carbonyl (C=O) groups is 3. The molecule has 1 aliphatic heterocycles. The summed E-state index contributed by atoms with van der Waals surface area (Å²) in [5.41, 5.74) is 5.39. The lowest BCUT2D eigenvalue weighted by Gasteiger charge is -2.14. The van der Waals surface area contributed by atoms with Gasteiger partial charge in [0.2, 0.25) is 0 Å². The third-order valence-electron chi connectivity index (χ3n) is 4.09. The summed E-state index contributed by atoms with van der Waals surface area (Å²) in [5, 5.41) is 0. The molecule has 2 aromatic carbocycles. The van der Waals surface area contributed by atoms with Gasteiger partial charge < -0.3 is 4.74 Å². The van der Waals surface area contributed by atoms with Crippen molar-refractivity contribution in [2.45, 2.75) is 6.92 Å². The third kappa shape index (κ3) is 5.89. The van der Waals surface area contributed by atoms with Crippen LogP contribution < -0.4 is 15.6 Å². The van der Waals surface area contributed by atoms with E-state index >= 15 is 0 Å². The second-order valence-corrected chi connectivity index (χ2v) is 7.95. The lowest BCUT2D eigenvalue weighted by molar-refractivity contribution is -0.129. The summed E-state index contributed by atoms with van der Waals surface area (Å²) in [6, 6.07) is 12.1. The molecule has 1 aliphatic rings. The normalized spacial score (nSPS) is 14.6. The Bertz CT molecular complexity index is 1040. The smallest absolute Gasteiger partial charge is 0.269 e. The van der Waals surface area contributed by atoms with Crippen molar-refractivity contribution in [2.75, 3.05) is 13.2 Å². The lowest BCUT2D eigenvalue weighted by Crippen LogP contribution is -2.47. The number of hydrogen-bond acceptors (Lipinski definition) is 6. The van der Waals surface area contributed by atoms with Gasteiger partial charge in [-0.15, -0.1) is 0 Å². The van der Waals surface area contributed by atoms with Crippen molar-refractivity contribution in [3.8, 4) is 5.75 Å². The first kappa shape index (κ1) is 22.4. The summed E-state index contributed by atoms with van der Waals surface area (Å²) in [7, 11) is 0. The molecule has 31 heavy (non-hydrogen) atoms. The van der Waals surface area contributed by atoms with Crippen molar-refractivity contribution in [3.05, 3.63) is 70.4 Å². The van der Waals surface area contributed by atoms with Crippen LogP contribution >= 0.6 is 24.0 Å². The van der Waals surface area contributed by atoms with Crippen molar-refractivity contribution in [3.63, 3.8) is 0 Å². The van der Waals surface area contributed by atoms with Crippen LogP contribution in [0, 0.1) is 5.82 Å². The van der Waals surface area contributed by atoms with E-state index in [1.807, 2.05) is 19.1 Å². The summed E-state index contributed by atoms with van der Waals surface area (Å²) in [5.74, 6) is -1.40. The van der Waals surface area contributed by atoms with Crippen LogP contribution in [0.15, 0.2) is 53.4 Å². The Balaban J connectivity index is 1.57. The topological polar surface area (TPSA) is 87.7 Å². The van der Waals surface area contributed by atoms with E-state index in [-0.39, 0.29) is 16.4 Å². The molecule has 1 saturated heterocycles. The number of nitrogens with one attached hydrogen (secondary N) is 2. The van der Waals surface area contributed by atoms with E-state index in [4.69, 9.17) is 17.0 Å². The van der Waals surface area contributed by atoms with Gasteiger partial charge >= 0.3 is 0 Å². The monoisotopic (exact) mass is 459 g/mol. The Hall–Kier alpha value is -3.24. The summed E-state index contributed by atoms with van der Waals surface area (Å²) in [4.78, 5) is 38.3. The minimum Gasteiger partial charge on any atom is -0.494 e. The van der Waals surface area contributed by atoms with Crippen LogP contribution in [0.1, 0.15) is 22.8 Å². The molecular formula is C21H18FN3O4S2. The number of amides is 3. The second-order valence-electron chi connectivity index (χ2n) is 6.28. The van der Waals surface area contributed by atoms with Crippen molar-refractivity contribution in [1.29, 1.82) is 0 Å². The van der Waals surface area contributed by atoms with Crippen LogP contribution in [0.5, 0.6) is 5.75 Å². The van der Waals surface area contributed by atoms with Gasteiger partial charge in [0.25, 0.3) is 17.7 Å². The molecule has 1 heterocycles. The molecular weight excluding hydrogens is 441 g/mol. The molecule has 0 saturated carbocycles. The molecule has 160 valence electrons. The highest BCUT2D eigenvalue weighted by atomic mass is 32.2. The van der Waals surface area contributed by atoms with E-state index in [2.05, 4.69) is 10.9 Å². The minimum atomic E-state index is -0.630. The molecule has 3 rings (SSSR count). The predicted octanol–water partition coefficient (Wildman–Crippen LogP) is 2.89. The molecule has 3 amide bonds. The van der Waals surface area contributed by atoms with E-state index < -0.39 is 23.5 Å². The average Bonchev–Trinajstić information content (AvgIpc) is 3.01. The van der Waals surface area contributed by atoms with Gasteiger partial charge in [-0.1, -0.05) is 36.1 Å². The van der Waals surface area contributed by atoms with E-state index in [1.165, 1.54) is 12.1 Å².